The number of hydrogen-bond donors (Lipinski definition) is 2. The third-order valence-corrected chi connectivity index (χ3v) is 4.72. The molecule has 1 aliphatic rings. The van der Waals surface area contributed by atoms with Crippen LogP contribution >= 0.6 is 12.2 Å². The topological polar surface area (TPSA) is 73.6 Å². The molecule has 1 heterocycles. The van der Waals surface area contributed by atoms with Gasteiger partial charge in [-0.25, -0.2) is 0 Å². The third kappa shape index (κ3) is 4.14. The summed E-state index contributed by atoms with van der Waals surface area (Å²) in [7, 11) is 1.65. The van der Waals surface area contributed by atoms with Crippen molar-refractivity contribution in [2.45, 2.75) is 51.6 Å². The van der Waals surface area contributed by atoms with E-state index in [4.69, 9.17) is 27.4 Å². The number of carbonyl (C=O) groups is 1. The van der Waals surface area contributed by atoms with E-state index in [-0.39, 0.29) is 10.9 Å². The molecule has 0 spiro atoms. The number of methoxy groups -OCH3 is 1. The van der Waals surface area contributed by atoms with E-state index in [0.29, 0.717) is 32.6 Å². The first-order chi connectivity index (χ1) is 9.96. The molecule has 1 unspecified atom stereocenters. The van der Waals surface area contributed by atoms with E-state index in [1.165, 1.54) is 0 Å². The summed E-state index contributed by atoms with van der Waals surface area (Å²) in [4.78, 5) is 13.0. The average molecular weight is 316 g/mol. The molecule has 3 N–H and O–H groups in total. The number of nitrogens with two attached hydrogens (primary N) is 1. The lowest BCUT2D eigenvalue weighted by Crippen LogP contribution is -2.53. The molecule has 0 bridgehead atoms. The Bertz CT molecular complexity index is 362. The highest BCUT2D eigenvalue weighted by Crippen LogP contribution is 2.31. The zero-order valence-corrected chi connectivity index (χ0v) is 14.2. The highest BCUT2D eigenvalue weighted by Gasteiger charge is 2.42. The van der Waals surface area contributed by atoms with Crippen molar-refractivity contribution in [2.24, 2.45) is 11.1 Å². The van der Waals surface area contributed by atoms with Crippen LogP contribution < -0.4 is 11.1 Å². The van der Waals surface area contributed by atoms with E-state index in [9.17, 15) is 4.79 Å². The van der Waals surface area contributed by atoms with Gasteiger partial charge in [-0.2, -0.15) is 0 Å². The van der Waals surface area contributed by atoms with Gasteiger partial charge in [-0.1, -0.05) is 38.9 Å². The van der Waals surface area contributed by atoms with Crippen molar-refractivity contribution in [1.82, 2.24) is 5.32 Å². The highest BCUT2D eigenvalue weighted by atomic mass is 32.1. The van der Waals surface area contributed by atoms with Crippen molar-refractivity contribution >= 4 is 23.1 Å². The summed E-state index contributed by atoms with van der Waals surface area (Å²) < 4.78 is 10.9. The van der Waals surface area contributed by atoms with Crippen LogP contribution in [0.25, 0.3) is 0 Å². The lowest BCUT2D eigenvalue weighted by molar-refractivity contribution is -0.129. The van der Waals surface area contributed by atoms with Gasteiger partial charge in [-0.15, -0.1) is 0 Å². The summed E-state index contributed by atoms with van der Waals surface area (Å²) in [5, 5.41) is 3.00. The zero-order valence-electron chi connectivity index (χ0n) is 13.4. The molecule has 0 aromatic heterocycles. The van der Waals surface area contributed by atoms with E-state index in [1.54, 1.807) is 7.11 Å². The molecule has 1 atom stereocenters. The zero-order chi connectivity index (χ0) is 15.9. The Morgan fingerprint density at radius 3 is 2.43 bits per heavy atom. The number of carbonyl (C=O) groups excluding carboxylic acids is 1. The molecule has 0 saturated carbocycles. The van der Waals surface area contributed by atoms with Crippen molar-refractivity contribution < 1.29 is 14.3 Å². The second-order valence-corrected chi connectivity index (χ2v) is 6.26. The fraction of sp³-hybridized carbons (Fsp3) is 0.867. The van der Waals surface area contributed by atoms with Crippen LogP contribution in [0.1, 0.15) is 46.0 Å². The maximum Gasteiger partial charge on any atom is 0.233 e. The summed E-state index contributed by atoms with van der Waals surface area (Å²) in [6.07, 6.45) is 3.87. The molecule has 1 rings (SSSR count). The first kappa shape index (κ1) is 18.3. The smallest absolute Gasteiger partial charge is 0.233 e. The van der Waals surface area contributed by atoms with Gasteiger partial charge in [0.1, 0.15) is 5.60 Å². The van der Waals surface area contributed by atoms with Crippen molar-refractivity contribution in [1.29, 1.82) is 0 Å². The lowest BCUT2D eigenvalue weighted by Gasteiger charge is -2.33. The summed E-state index contributed by atoms with van der Waals surface area (Å²) in [5.41, 5.74) is 4.75. The molecule has 0 radical (unpaired) electrons. The van der Waals surface area contributed by atoms with Gasteiger partial charge < -0.3 is 20.5 Å². The molecule has 1 aliphatic heterocycles. The van der Waals surface area contributed by atoms with E-state index >= 15 is 0 Å². The van der Waals surface area contributed by atoms with Crippen LogP contribution in [-0.2, 0) is 14.3 Å². The van der Waals surface area contributed by atoms with E-state index < -0.39 is 11.0 Å². The summed E-state index contributed by atoms with van der Waals surface area (Å²) in [6.45, 7) is 5.68. The Morgan fingerprint density at radius 2 is 2.05 bits per heavy atom. The van der Waals surface area contributed by atoms with Gasteiger partial charge in [0.25, 0.3) is 0 Å². The fourth-order valence-corrected chi connectivity index (χ4v) is 3.23. The Kier molecular flexibility index (Phi) is 7.03. The predicted molar refractivity (Wildman–Crippen MR) is 87.2 cm³/mol. The van der Waals surface area contributed by atoms with Gasteiger partial charge in [0, 0.05) is 26.7 Å². The van der Waals surface area contributed by atoms with Crippen LogP contribution in [0.4, 0.5) is 0 Å². The number of hydrogen-bond acceptors (Lipinski definition) is 4. The van der Waals surface area contributed by atoms with Gasteiger partial charge in [0.2, 0.25) is 5.91 Å². The molecule has 1 fully saturated rings. The maximum absolute atomic E-state index is 12.7. The van der Waals surface area contributed by atoms with Gasteiger partial charge in [-0.3, -0.25) is 4.79 Å². The monoisotopic (exact) mass is 316 g/mol. The van der Waals surface area contributed by atoms with Crippen LogP contribution in [0.15, 0.2) is 0 Å². The second kappa shape index (κ2) is 8.06. The molecule has 122 valence electrons. The number of rotatable bonds is 9. The largest absolute Gasteiger partial charge is 0.392 e. The number of amides is 1. The minimum atomic E-state index is -0.743. The second-order valence-electron chi connectivity index (χ2n) is 5.82. The van der Waals surface area contributed by atoms with Crippen LogP contribution in [0.5, 0.6) is 0 Å². The highest BCUT2D eigenvalue weighted by molar-refractivity contribution is 7.80. The molecule has 0 aliphatic carbocycles. The van der Waals surface area contributed by atoms with Crippen LogP contribution in [0.3, 0.4) is 0 Å². The molecule has 1 amide bonds. The SMILES string of the molecule is CCCC(CCC)(C(=O)NCC1(OC)CCOC1)C(N)=S. The molecule has 21 heavy (non-hydrogen) atoms. The molecular weight excluding hydrogens is 288 g/mol. The Labute approximate surface area is 132 Å². The molecule has 0 aromatic rings. The number of thiocarbonyl (C=S) groups is 1. The number of nitrogens with one attached hydrogen (secondary N) is 1. The predicted octanol–water partition coefficient (Wildman–Crippen LogP) is 1.78. The van der Waals surface area contributed by atoms with E-state index in [1.807, 2.05) is 13.8 Å². The minimum absolute atomic E-state index is 0.0815. The Balaban J connectivity index is 2.78. The summed E-state index contributed by atoms with van der Waals surface area (Å²) in [6, 6.07) is 0. The normalized spacial score (nSPS) is 22.2. The van der Waals surface area contributed by atoms with E-state index in [0.717, 1.165) is 19.3 Å². The molecule has 0 aromatic carbocycles. The van der Waals surface area contributed by atoms with Crippen LogP contribution in [0.2, 0.25) is 0 Å². The molecular formula is C15H28N2O3S. The van der Waals surface area contributed by atoms with Crippen LogP contribution in [-0.4, -0.2) is 43.4 Å². The molecule has 6 heteroatoms. The first-order valence-electron chi connectivity index (χ1n) is 7.67. The summed E-state index contributed by atoms with van der Waals surface area (Å²) in [5.74, 6) is -0.0815. The summed E-state index contributed by atoms with van der Waals surface area (Å²) >= 11 is 5.20. The van der Waals surface area contributed by atoms with Gasteiger partial charge in [0.15, 0.2) is 0 Å². The van der Waals surface area contributed by atoms with Crippen molar-refractivity contribution in [3.63, 3.8) is 0 Å². The average Bonchev–Trinajstić information content (AvgIpc) is 2.93. The Morgan fingerprint density at radius 1 is 1.43 bits per heavy atom. The third-order valence-electron chi connectivity index (χ3n) is 4.33. The van der Waals surface area contributed by atoms with Crippen molar-refractivity contribution in [3.05, 3.63) is 0 Å². The van der Waals surface area contributed by atoms with Crippen molar-refractivity contribution in [2.75, 3.05) is 26.9 Å². The molecule has 5 nitrogen and oxygen atoms in total. The maximum atomic E-state index is 12.7. The van der Waals surface area contributed by atoms with Gasteiger partial charge in [0.05, 0.1) is 17.0 Å². The fourth-order valence-electron chi connectivity index (χ4n) is 2.94. The number of ether oxygens (including phenoxy) is 2. The van der Waals surface area contributed by atoms with Gasteiger partial charge >= 0.3 is 0 Å². The van der Waals surface area contributed by atoms with Gasteiger partial charge in [-0.05, 0) is 12.8 Å². The van der Waals surface area contributed by atoms with Crippen LogP contribution in [0, 0.1) is 5.41 Å². The van der Waals surface area contributed by atoms with E-state index in [2.05, 4.69) is 5.32 Å². The Hall–Kier alpha value is -0.720. The molecule has 1 saturated heterocycles. The minimum Gasteiger partial charge on any atom is -0.392 e. The first-order valence-corrected chi connectivity index (χ1v) is 8.08. The van der Waals surface area contributed by atoms with Crippen molar-refractivity contribution in [3.8, 4) is 0 Å². The lowest BCUT2D eigenvalue weighted by atomic mass is 9.78. The standard InChI is InChI=1S/C15H28N2O3S/c1-4-6-15(7-5-2,12(16)21)13(18)17-10-14(19-3)8-9-20-11-14/h4-11H2,1-3H3,(H2,16,21)(H,17,18). The quantitative estimate of drug-likeness (QED) is 0.634.